The Balaban J connectivity index is 1.47. The van der Waals surface area contributed by atoms with E-state index >= 15 is 0 Å². The number of nitrogens with zero attached hydrogens (tertiary/aromatic N) is 1. The van der Waals surface area contributed by atoms with E-state index in [-0.39, 0.29) is 11.3 Å². The van der Waals surface area contributed by atoms with Gasteiger partial charge in [-0.2, -0.15) is 5.10 Å². The molecule has 0 saturated heterocycles. The molecule has 0 amide bonds. The van der Waals surface area contributed by atoms with Crippen molar-refractivity contribution in [3.63, 3.8) is 0 Å². The highest BCUT2D eigenvalue weighted by Gasteiger charge is 2.56. The number of hydrogen-bond donors (Lipinski definition) is 1. The number of anilines is 1. The summed E-state index contributed by atoms with van der Waals surface area (Å²) in [5.74, 6) is 0.484. The largest absolute Gasteiger partial charge is 0.294 e. The highest BCUT2D eigenvalue weighted by atomic mass is 16.1. The highest BCUT2D eigenvalue weighted by molar-refractivity contribution is 6.07. The molecule has 0 radical (unpaired) electrons. The van der Waals surface area contributed by atoms with Crippen LogP contribution < -0.4 is 5.43 Å². The van der Waals surface area contributed by atoms with Crippen LogP contribution in [0.5, 0.6) is 0 Å². The van der Waals surface area contributed by atoms with Gasteiger partial charge in [-0.25, -0.2) is 0 Å². The van der Waals surface area contributed by atoms with Gasteiger partial charge in [0.25, 0.3) is 0 Å². The second-order valence-electron chi connectivity index (χ2n) is 7.79. The number of fused-ring (bicyclic) bond motifs is 1. The first-order valence-corrected chi connectivity index (χ1v) is 9.55. The summed E-state index contributed by atoms with van der Waals surface area (Å²) >= 11 is 0. The Morgan fingerprint density at radius 1 is 1.23 bits per heavy atom. The molecule has 0 bridgehead atoms. The predicted molar refractivity (Wildman–Crippen MR) is 107 cm³/mol. The zero-order valence-electron chi connectivity index (χ0n) is 15.8. The second-order valence-corrected chi connectivity index (χ2v) is 7.79. The summed E-state index contributed by atoms with van der Waals surface area (Å²) in [6.45, 7) is 6.51. The van der Waals surface area contributed by atoms with Crippen LogP contribution in [0.25, 0.3) is 0 Å². The van der Waals surface area contributed by atoms with Gasteiger partial charge in [0, 0.05) is 23.1 Å². The van der Waals surface area contributed by atoms with Crippen LogP contribution in [0, 0.1) is 11.3 Å². The van der Waals surface area contributed by atoms with Crippen LogP contribution >= 0.6 is 0 Å². The fourth-order valence-corrected chi connectivity index (χ4v) is 4.59. The number of para-hydroxylation sites is 1. The Morgan fingerprint density at radius 2 is 1.96 bits per heavy atom. The molecule has 26 heavy (non-hydrogen) atoms. The first-order chi connectivity index (χ1) is 12.5. The van der Waals surface area contributed by atoms with E-state index in [9.17, 15) is 4.79 Å². The molecule has 1 saturated carbocycles. The minimum atomic E-state index is 0.140. The standard InChI is InChI=1S/C23H26N2O/c1-15-14-20-21(16(2)23(11-12-23)17(3)22(20)26)19(15)10-7-13-24-25-18-8-5-4-6-9-18/h4-6,8-9,13-14,17,25H,7,10-12H2,1-3H3/t17-/m1/s1. The number of carbonyl (C=O) groups is 1. The maximum Gasteiger partial charge on any atom is 0.167 e. The molecule has 3 nitrogen and oxygen atoms in total. The van der Waals surface area contributed by atoms with Crippen molar-refractivity contribution in [2.24, 2.45) is 16.4 Å². The Hall–Kier alpha value is -2.42. The van der Waals surface area contributed by atoms with E-state index in [4.69, 9.17) is 0 Å². The van der Waals surface area contributed by atoms with Crippen LogP contribution in [-0.4, -0.2) is 12.0 Å². The van der Waals surface area contributed by atoms with Crippen LogP contribution in [0.1, 0.15) is 46.5 Å². The van der Waals surface area contributed by atoms with Gasteiger partial charge in [0.05, 0.1) is 5.69 Å². The van der Waals surface area contributed by atoms with E-state index in [1.54, 1.807) is 0 Å². The van der Waals surface area contributed by atoms with Crippen molar-refractivity contribution in [3.05, 3.63) is 64.3 Å². The van der Waals surface area contributed by atoms with Gasteiger partial charge in [-0.1, -0.05) is 30.7 Å². The third-order valence-corrected chi connectivity index (χ3v) is 6.39. The number of rotatable bonds is 5. The maximum absolute atomic E-state index is 12.9. The third kappa shape index (κ3) is 2.66. The molecule has 0 aliphatic heterocycles. The van der Waals surface area contributed by atoms with Crippen molar-refractivity contribution in [1.29, 1.82) is 0 Å². The fourth-order valence-electron chi connectivity index (χ4n) is 4.59. The molecule has 4 rings (SSSR count). The van der Waals surface area contributed by atoms with E-state index in [0.29, 0.717) is 5.78 Å². The summed E-state index contributed by atoms with van der Waals surface area (Å²) in [5.41, 5.74) is 10.5. The molecule has 3 heteroatoms. The van der Waals surface area contributed by atoms with Gasteiger partial charge in [0.15, 0.2) is 5.78 Å². The van der Waals surface area contributed by atoms with Crippen molar-refractivity contribution in [1.82, 2.24) is 0 Å². The summed E-state index contributed by atoms with van der Waals surface area (Å²) in [5, 5.41) is 4.32. The molecule has 1 atom stereocenters. The lowest BCUT2D eigenvalue weighted by Crippen LogP contribution is -2.31. The molecule has 1 fully saturated rings. The molecule has 1 aromatic carbocycles. The van der Waals surface area contributed by atoms with E-state index in [0.717, 1.165) is 36.9 Å². The summed E-state index contributed by atoms with van der Waals surface area (Å²) in [6.07, 6.45) is 8.16. The number of nitrogens with one attached hydrogen (secondary N) is 1. The number of carbonyl (C=O) groups excluding carboxylic acids is 1. The predicted octanol–water partition coefficient (Wildman–Crippen LogP) is 5.44. The van der Waals surface area contributed by atoms with Crippen molar-refractivity contribution in [2.75, 3.05) is 5.43 Å². The topological polar surface area (TPSA) is 41.5 Å². The average molecular weight is 346 g/mol. The maximum atomic E-state index is 12.9. The minimum absolute atomic E-state index is 0.140. The Morgan fingerprint density at radius 3 is 2.65 bits per heavy atom. The SMILES string of the molecule is CC1=C(CCC=NNc2ccccc2)C2=C(C)C3(CC3)[C@H](C)C(=O)C2=C1. The first kappa shape index (κ1) is 17.0. The van der Waals surface area contributed by atoms with E-state index < -0.39 is 0 Å². The van der Waals surface area contributed by atoms with Gasteiger partial charge in [0.1, 0.15) is 0 Å². The normalized spacial score (nSPS) is 23.7. The van der Waals surface area contributed by atoms with Crippen LogP contribution in [0.4, 0.5) is 5.69 Å². The van der Waals surface area contributed by atoms with E-state index in [2.05, 4.69) is 37.4 Å². The van der Waals surface area contributed by atoms with Gasteiger partial charge >= 0.3 is 0 Å². The lowest BCUT2D eigenvalue weighted by molar-refractivity contribution is -0.120. The molecule has 1 spiro atoms. The average Bonchev–Trinajstić information content (AvgIpc) is 3.39. The van der Waals surface area contributed by atoms with Gasteiger partial charge in [0.2, 0.25) is 0 Å². The van der Waals surface area contributed by atoms with Crippen molar-refractivity contribution in [3.8, 4) is 0 Å². The number of hydrazone groups is 1. The van der Waals surface area contributed by atoms with Gasteiger partial charge < -0.3 is 0 Å². The second kappa shape index (κ2) is 6.39. The van der Waals surface area contributed by atoms with E-state index in [1.807, 2.05) is 36.5 Å². The van der Waals surface area contributed by atoms with Crippen molar-refractivity contribution >= 4 is 17.7 Å². The van der Waals surface area contributed by atoms with Gasteiger partial charge in [-0.15, -0.1) is 0 Å². The van der Waals surface area contributed by atoms with Gasteiger partial charge in [-0.3, -0.25) is 10.2 Å². The number of hydrogen-bond acceptors (Lipinski definition) is 3. The zero-order valence-corrected chi connectivity index (χ0v) is 15.8. The smallest absolute Gasteiger partial charge is 0.167 e. The highest BCUT2D eigenvalue weighted by Crippen LogP contribution is 2.63. The van der Waals surface area contributed by atoms with Gasteiger partial charge in [-0.05, 0) is 74.5 Å². The molecule has 1 aromatic rings. The number of benzene rings is 1. The summed E-state index contributed by atoms with van der Waals surface area (Å²) < 4.78 is 0. The Kier molecular flexibility index (Phi) is 4.18. The van der Waals surface area contributed by atoms with Crippen molar-refractivity contribution in [2.45, 2.75) is 46.5 Å². The molecule has 134 valence electrons. The van der Waals surface area contributed by atoms with Crippen LogP contribution in [0.3, 0.4) is 0 Å². The summed E-state index contributed by atoms with van der Waals surface area (Å²) in [7, 11) is 0. The number of allylic oxidation sites excluding steroid dienone is 6. The molecular weight excluding hydrogens is 320 g/mol. The molecule has 0 heterocycles. The molecule has 1 N–H and O–H groups in total. The molecular formula is C23H26N2O. The number of ketones is 1. The lowest BCUT2D eigenvalue weighted by atomic mass is 9.70. The molecule has 3 aliphatic carbocycles. The monoisotopic (exact) mass is 346 g/mol. The molecule has 0 unspecified atom stereocenters. The zero-order chi connectivity index (χ0) is 18.3. The Labute approximate surface area is 155 Å². The Bertz CT molecular complexity index is 867. The minimum Gasteiger partial charge on any atom is -0.294 e. The number of Topliss-reactive ketones (excluding diaryl/α,β-unsaturated/α-hetero) is 1. The molecule has 3 aliphatic rings. The quantitative estimate of drug-likeness (QED) is 0.570. The lowest BCUT2D eigenvalue weighted by Gasteiger charge is -2.32. The van der Waals surface area contributed by atoms with E-state index in [1.165, 1.54) is 22.3 Å². The van der Waals surface area contributed by atoms with Crippen molar-refractivity contribution < 1.29 is 4.79 Å². The van der Waals surface area contributed by atoms with Crippen LogP contribution in [-0.2, 0) is 4.79 Å². The first-order valence-electron chi connectivity index (χ1n) is 9.55. The molecule has 0 aromatic heterocycles. The summed E-state index contributed by atoms with van der Waals surface area (Å²) in [4.78, 5) is 12.9. The fraction of sp³-hybridized carbons (Fsp3) is 0.391. The third-order valence-electron chi connectivity index (χ3n) is 6.39. The van der Waals surface area contributed by atoms with Crippen LogP contribution in [0.2, 0.25) is 0 Å². The summed E-state index contributed by atoms with van der Waals surface area (Å²) in [6, 6.07) is 9.96. The van der Waals surface area contributed by atoms with Crippen LogP contribution in [0.15, 0.2) is 69.4 Å².